The Morgan fingerprint density at radius 2 is 2.19 bits per heavy atom. The third-order valence-electron chi connectivity index (χ3n) is 4.09. The average Bonchev–Trinajstić information content (AvgIpc) is 2.97. The number of amides is 1. The van der Waals surface area contributed by atoms with Crippen LogP contribution >= 0.6 is 11.6 Å². The molecule has 1 N–H and O–H groups in total. The predicted molar refractivity (Wildman–Crippen MR) is 85.5 cm³/mol. The minimum absolute atomic E-state index is 0.104. The van der Waals surface area contributed by atoms with Crippen molar-refractivity contribution < 1.29 is 27.1 Å². The Morgan fingerprint density at radius 1 is 1.46 bits per heavy atom. The summed E-state index contributed by atoms with van der Waals surface area (Å²) in [6.07, 6.45) is -4.09. The van der Waals surface area contributed by atoms with E-state index in [9.17, 15) is 22.4 Å². The number of hydrogen-bond donors (Lipinski definition) is 1. The molecule has 1 unspecified atom stereocenters. The van der Waals surface area contributed by atoms with Gasteiger partial charge >= 0.3 is 6.18 Å². The molecule has 138 valence electrons. The highest BCUT2D eigenvalue weighted by Crippen LogP contribution is 2.37. The summed E-state index contributed by atoms with van der Waals surface area (Å²) in [5.41, 5.74) is -1.52. The van der Waals surface area contributed by atoms with Gasteiger partial charge in [-0.2, -0.15) is 13.2 Å². The first kappa shape index (κ1) is 18.4. The monoisotopic (exact) mass is 388 g/mol. The summed E-state index contributed by atoms with van der Waals surface area (Å²) in [6, 6.07) is 3.42. The van der Waals surface area contributed by atoms with Crippen LogP contribution < -0.4 is 10.1 Å². The van der Waals surface area contributed by atoms with E-state index >= 15 is 0 Å². The summed E-state index contributed by atoms with van der Waals surface area (Å²) in [5, 5.41) is 2.21. The van der Waals surface area contributed by atoms with E-state index in [-0.39, 0.29) is 17.2 Å². The van der Waals surface area contributed by atoms with Crippen LogP contribution in [0, 0.1) is 12.7 Å². The number of rotatable bonds is 3. The van der Waals surface area contributed by atoms with Crippen molar-refractivity contribution in [2.45, 2.75) is 25.6 Å². The highest BCUT2D eigenvalue weighted by molar-refractivity contribution is 6.31. The molecule has 3 rings (SSSR count). The Bertz CT molecular complexity index is 871. The fraction of sp³-hybridized carbons (Fsp3) is 0.294. The summed E-state index contributed by atoms with van der Waals surface area (Å²) >= 11 is 5.66. The van der Waals surface area contributed by atoms with Crippen LogP contribution in [0.1, 0.15) is 28.3 Å². The van der Waals surface area contributed by atoms with Crippen LogP contribution in [0.5, 0.6) is 5.88 Å². The Kier molecular flexibility index (Phi) is 4.79. The standard InChI is InChI=1S/C17H13ClF4N2O2/c1-8-12(18)6-11(17(20,21)22)10(15(8)19)5-14(25)24-13-7-26-16-9(13)3-2-4-23-16/h2-4,6,13H,5,7H2,1H3,(H,24,25). The molecular formula is C17H13ClF4N2O2. The second-order valence-electron chi connectivity index (χ2n) is 5.83. The molecule has 0 fully saturated rings. The van der Waals surface area contributed by atoms with Gasteiger partial charge in [0, 0.05) is 27.9 Å². The number of pyridine rings is 1. The van der Waals surface area contributed by atoms with Crippen molar-refractivity contribution in [2.24, 2.45) is 0 Å². The molecule has 1 atom stereocenters. The Morgan fingerprint density at radius 3 is 2.88 bits per heavy atom. The van der Waals surface area contributed by atoms with Gasteiger partial charge in [0.1, 0.15) is 12.4 Å². The van der Waals surface area contributed by atoms with Crippen molar-refractivity contribution in [1.29, 1.82) is 0 Å². The lowest BCUT2D eigenvalue weighted by Gasteiger charge is -2.17. The number of hydrogen-bond acceptors (Lipinski definition) is 3. The maximum absolute atomic E-state index is 14.4. The molecule has 0 spiro atoms. The number of carbonyl (C=O) groups is 1. The van der Waals surface area contributed by atoms with E-state index in [0.717, 1.165) is 0 Å². The third-order valence-corrected chi connectivity index (χ3v) is 4.48. The molecule has 0 bridgehead atoms. The minimum atomic E-state index is -4.83. The lowest BCUT2D eigenvalue weighted by Crippen LogP contribution is -2.31. The number of ether oxygens (including phenoxy) is 1. The summed E-state index contributed by atoms with van der Waals surface area (Å²) in [6.45, 7) is 1.36. The Labute approximate surface area is 151 Å². The topological polar surface area (TPSA) is 51.2 Å². The molecule has 1 aromatic carbocycles. The van der Waals surface area contributed by atoms with Gasteiger partial charge < -0.3 is 10.1 Å². The number of fused-ring (bicyclic) bond motifs is 1. The van der Waals surface area contributed by atoms with Crippen LogP contribution in [0.3, 0.4) is 0 Å². The molecule has 2 aromatic rings. The fourth-order valence-corrected chi connectivity index (χ4v) is 2.96. The van der Waals surface area contributed by atoms with Gasteiger partial charge in [-0.05, 0) is 25.1 Å². The highest BCUT2D eigenvalue weighted by atomic mass is 35.5. The van der Waals surface area contributed by atoms with Crippen molar-refractivity contribution >= 4 is 17.5 Å². The van der Waals surface area contributed by atoms with Crippen molar-refractivity contribution in [3.63, 3.8) is 0 Å². The second kappa shape index (κ2) is 6.75. The SMILES string of the molecule is Cc1c(Cl)cc(C(F)(F)F)c(CC(=O)NC2COc3ncccc32)c1F. The molecule has 9 heteroatoms. The normalized spacial score (nSPS) is 16.2. The van der Waals surface area contributed by atoms with Crippen molar-refractivity contribution in [1.82, 2.24) is 10.3 Å². The van der Waals surface area contributed by atoms with Gasteiger partial charge in [0.2, 0.25) is 11.8 Å². The first-order chi connectivity index (χ1) is 12.2. The second-order valence-corrected chi connectivity index (χ2v) is 6.23. The van der Waals surface area contributed by atoms with E-state index in [1.807, 2.05) is 0 Å². The van der Waals surface area contributed by atoms with Gasteiger partial charge in [-0.15, -0.1) is 0 Å². The minimum Gasteiger partial charge on any atom is -0.475 e. The maximum atomic E-state index is 14.4. The predicted octanol–water partition coefficient (Wildman–Crippen LogP) is 3.99. The van der Waals surface area contributed by atoms with Gasteiger partial charge in [-0.25, -0.2) is 9.37 Å². The zero-order valence-electron chi connectivity index (χ0n) is 13.5. The number of alkyl halides is 3. The Balaban J connectivity index is 1.85. The van der Waals surface area contributed by atoms with E-state index in [2.05, 4.69) is 10.3 Å². The van der Waals surface area contributed by atoms with Gasteiger partial charge in [0.25, 0.3) is 0 Å². The number of nitrogens with one attached hydrogen (secondary N) is 1. The van der Waals surface area contributed by atoms with Crippen LogP contribution in [0.2, 0.25) is 5.02 Å². The van der Waals surface area contributed by atoms with Crippen LogP contribution in [0.15, 0.2) is 24.4 Å². The molecule has 1 amide bonds. The van der Waals surface area contributed by atoms with Crippen LogP contribution in [0.4, 0.5) is 17.6 Å². The van der Waals surface area contributed by atoms with E-state index in [0.29, 0.717) is 17.5 Å². The number of aromatic nitrogens is 1. The van der Waals surface area contributed by atoms with Crippen LogP contribution in [0.25, 0.3) is 0 Å². The number of carbonyl (C=O) groups excluding carboxylic acids is 1. The summed E-state index contributed by atoms with van der Waals surface area (Å²) in [4.78, 5) is 16.2. The average molecular weight is 389 g/mol. The molecule has 0 aliphatic carbocycles. The molecule has 2 heterocycles. The molecule has 4 nitrogen and oxygen atoms in total. The summed E-state index contributed by atoms with van der Waals surface area (Å²) in [5.74, 6) is -1.55. The van der Waals surface area contributed by atoms with E-state index in [4.69, 9.17) is 16.3 Å². The lowest BCUT2D eigenvalue weighted by molar-refractivity contribution is -0.138. The molecular weight excluding hydrogens is 376 g/mol. The summed E-state index contributed by atoms with van der Waals surface area (Å²) in [7, 11) is 0. The zero-order chi connectivity index (χ0) is 19.1. The van der Waals surface area contributed by atoms with Gasteiger partial charge in [0.05, 0.1) is 18.0 Å². The quantitative estimate of drug-likeness (QED) is 0.809. The maximum Gasteiger partial charge on any atom is 0.416 e. The number of halogens is 5. The van der Waals surface area contributed by atoms with Crippen LogP contribution in [-0.4, -0.2) is 17.5 Å². The van der Waals surface area contributed by atoms with Gasteiger partial charge in [0.15, 0.2) is 0 Å². The van der Waals surface area contributed by atoms with Crippen LogP contribution in [-0.2, 0) is 17.4 Å². The van der Waals surface area contributed by atoms with Crippen molar-refractivity contribution in [2.75, 3.05) is 6.61 Å². The number of nitrogens with zero attached hydrogens (tertiary/aromatic N) is 1. The van der Waals surface area contributed by atoms with Gasteiger partial charge in [-0.1, -0.05) is 11.6 Å². The summed E-state index contributed by atoms with van der Waals surface area (Å²) < 4.78 is 59.3. The zero-order valence-corrected chi connectivity index (χ0v) is 14.2. The third kappa shape index (κ3) is 3.46. The molecule has 26 heavy (non-hydrogen) atoms. The van der Waals surface area contributed by atoms with E-state index in [1.54, 1.807) is 12.1 Å². The largest absolute Gasteiger partial charge is 0.475 e. The smallest absolute Gasteiger partial charge is 0.416 e. The molecule has 1 aromatic heterocycles. The molecule has 0 saturated carbocycles. The molecule has 0 radical (unpaired) electrons. The van der Waals surface area contributed by atoms with Crippen molar-refractivity contribution in [3.05, 3.63) is 57.5 Å². The molecule has 1 aliphatic heterocycles. The fourth-order valence-electron chi connectivity index (χ4n) is 2.76. The Hall–Kier alpha value is -2.35. The number of benzene rings is 1. The van der Waals surface area contributed by atoms with E-state index < -0.39 is 41.5 Å². The first-order valence-electron chi connectivity index (χ1n) is 7.60. The highest BCUT2D eigenvalue weighted by Gasteiger charge is 2.37. The van der Waals surface area contributed by atoms with E-state index in [1.165, 1.54) is 13.1 Å². The van der Waals surface area contributed by atoms with Gasteiger partial charge in [-0.3, -0.25) is 4.79 Å². The molecule has 0 saturated heterocycles. The van der Waals surface area contributed by atoms with Crippen molar-refractivity contribution in [3.8, 4) is 5.88 Å². The first-order valence-corrected chi connectivity index (χ1v) is 7.98. The molecule has 1 aliphatic rings. The lowest BCUT2D eigenvalue weighted by atomic mass is 9.99.